The van der Waals surface area contributed by atoms with Crippen LogP contribution in [0.1, 0.15) is 5.69 Å². The van der Waals surface area contributed by atoms with Crippen LogP contribution in [0.2, 0.25) is 0 Å². The number of hydrogen-bond acceptors (Lipinski definition) is 1. The lowest BCUT2D eigenvalue weighted by molar-refractivity contribution is 0.859. The molecular weight excluding hydrogens is 88.1 g/mol. The van der Waals surface area contributed by atoms with Crippen LogP contribution in [0.5, 0.6) is 0 Å². The molecule has 0 aliphatic rings. The second-order valence-electron chi connectivity index (χ2n) is 1.50. The summed E-state index contributed by atoms with van der Waals surface area (Å²) in [6, 6.07) is 1.91. The van der Waals surface area contributed by atoms with Crippen molar-refractivity contribution in [2.24, 2.45) is 0 Å². The molecule has 0 bridgehead atoms. The molecule has 1 heterocycles. The van der Waals surface area contributed by atoms with Crippen LogP contribution in [0.3, 0.4) is 0 Å². The van der Waals surface area contributed by atoms with Gasteiger partial charge in [0.15, 0.2) is 0 Å². The van der Waals surface area contributed by atoms with E-state index in [4.69, 9.17) is 0 Å². The van der Waals surface area contributed by atoms with Crippen molar-refractivity contribution in [2.75, 3.05) is 0 Å². The average molecular weight is 95.1 g/mol. The predicted octanol–water partition coefficient (Wildman–Crippen LogP) is 0.831. The summed E-state index contributed by atoms with van der Waals surface area (Å²) in [5.41, 5.74) is 1.01. The van der Waals surface area contributed by atoms with Crippen molar-refractivity contribution in [3.8, 4) is 0 Å². The van der Waals surface area contributed by atoms with Gasteiger partial charge in [-0.25, -0.2) is 0 Å². The fraction of sp³-hybridized carbons (Fsp3) is 0.200. The van der Waals surface area contributed by atoms with E-state index in [1.165, 1.54) is 4.68 Å². The maximum Gasteiger partial charge on any atom is 0.0605 e. The molecule has 1 aromatic heterocycles. The van der Waals surface area contributed by atoms with E-state index in [2.05, 4.69) is 12.1 Å². The Hall–Kier alpha value is -0.790. The van der Waals surface area contributed by atoms with Crippen LogP contribution in [0.4, 0.5) is 0 Å². The topological polar surface area (TPSA) is 17.8 Å². The fourth-order valence-corrected chi connectivity index (χ4v) is 0.463. The van der Waals surface area contributed by atoms with Gasteiger partial charge >= 0.3 is 0 Å². The summed E-state index contributed by atoms with van der Waals surface area (Å²) in [6.07, 6.45) is 1.81. The smallest absolute Gasteiger partial charge is 0.0605 e. The molecule has 0 amide bonds. The summed E-state index contributed by atoms with van der Waals surface area (Å²) in [7, 11) is 3.55. The molecule has 0 atom stereocenters. The summed E-state index contributed by atoms with van der Waals surface area (Å²) in [6.45, 7) is 1.93. The van der Waals surface area contributed by atoms with E-state index in [0.717, 1.165) is 5.69 Å². The van der Waals surface area contributed by atoms with Gasteiger partial charge in [0.05, 0.1) is 12.7 Å². The van der Waals surface area contributed by atoms with Crippen LogP contribution in [0.25, 0.3) is 0 Å². The summed E-state index contributed by atoms with van der Waals surface area (Å²) in [4.78, 5) is 0. The summed E-state index contributed by atoms with van der Waals surface area (Å²) in [5.74, 6) is 0. The Morgan fingerprint density at radius 3 is 2.71 bits per heavy atom. The van der Waals surface area contributed by atoms with E-state index in [9.17, 15) is 0 Å². The van der Waals surface area contributed by atoms with Gasteiger partial charge in [0.1, 0.15) is 0 Å². The first-order valence-corrected chi connectivity index (χ1v) is 2.12. The van der Waals surface area contributed by atoms with Gasteiger partial charge in [-0.2, -0.15) is 5.10 Å². The highest BCUT2D eigenvalue weighted by atomic mass is 15.2. The number of aryl methyl sites for hydroxylation is 1. The summed E-state index contributed by atoms with van der Waals surface area (Å²) >= 11 is 0. The van der Waals surface area contributed by atoms with E-state index in [0.29, 0.717) is 0 Å². The Bertz CT molecular complexity index is 138. The van der Waals surface area contributed by atoms with Gasteiger partial charge in [0.2, 0.25) is 0 Å². The zero-order valence-electron chi connectivity index (χ0n) is 4.26. The van der Waals surface area contributed by atoms with E-state index >= 15 is 0 Å². The van der Waals surface area contributed by atoms with Crippen LogP contribution in [-0.2, 0) is 0 Å². The molecule has 2 heteroatoms. The van der Waals surface area contributed by atoms with Crippen LogP contribution in [0, 0.1) is 14.0 Å². The van der Waals surface area contributed by atoms with Crippen LogP contribution in [0.15, 0.2) is 12.3 Å². The molecule has 0 saturated heterocycles. The molecule has 37 valence electrons. The highest BCUT2D eigenvalue weighted by molar-refractivity contribution is 4.94. The second kappa shape index (κ2) is 1.37. The molecule has 7 heavy (non-hydrogen) atoms. The lowest BCUT2D eigenvalue weighted by Gasteiger charge is -1.79. The third-order valence-corrected chi connectivity index (χ3v) is 0.774. The first-order chi connectivity index (χ1) is 3.29. The van der Waals surface area contributed by atoms with Crippen molar-refractivity contribution in [1.29, 1.82) is 0 Å². The SMILES string of the molecule is [CH2]n1ccc(C)n1. The zero-order valence-corrected chi connectivity index (χ0v) is 4.26. The minimum absolute atomic E-state index is 1.01. The monoisotopic (exact) mass is 95.1 g/mol. The third kappa shape index (κ3) is 0.796. The van der Waals surface area contributed by atoms with E-state index < -0.39 is 0 Å². The quantitative estimate of drug-likeness (QED) is 0.466. The molecule has 0 unspecified atom stereocenters. The molecular formula is C5H7N2. The highest BCUT2D eigenvalue weighted by Crippen LogP contribution is 1.87. The minimum Gasteiger partial charge on any atom is -0.271 e. The summed E-state index contributed by atoms with van der Waals surface area (Å²) < 4.78 is 1.54. The van der Waals surface area contributed by atoms with Gasteiger partial charge in [0, 0.05) is 6.20 Å². The summed E-state index contributed by atoms with van der Waals surface area (Å²) in [5, 5.41) is 3.92. The van der Waals surface area contributed by atoms with Gasteiger partial charge in [-0.3, -0.25) is 4.68 Å². The maximum atomic E-state index is 3.92. The molecule has 1 rings (SSSR count). The van der Waals surface area contributed by atoms with E-state index in [-0.39, 0.29) is 0 Å². The molecule has 0 aliphatic carbocycles. The normalized spacial score (nSPS) is 9.43. The van der Waals surface area contributed by atoms with Crippen LogP contribution < -0.4 is 0 Å². The number of nitrogens with zero attached hydrogens (tertiary/aromatic N) is 2. The number of hydrogen-bond donors (Lipinski definition) is 0. The Labute approximate surface area is 42.8 Å². The third-order valence-electron chi connectivity index (χ3n) is 0.774. The Morgan fingerprint density at radius 2 is 2.57 bits per heavy atom. The van der Waals surface area contributed by atoms with Crippen molar-refractivity contribution in [3.05, 3.63) is 25.0 Å². The van der Waals surface area contributed by atoms with Crippen molar-refractivity contribution >= 4 is 0 Å². The molecule has 0 aromatic carbocycles. The van der Waals surface area contributed by atoms with Crippen LogP contribution >= 0.6 is 0 Å². The predicted molar refractivity (Wildman–Crippen MR) is 27.7 cm³/mol. The maximum absolute atomic E-state index is 3.92. The molecule has 0 fully saturated rings. The molecule has 1 aromatic rings. The Balaban J connectivity index is 3.04. The van der Waals surface area contributed by atoms with Gasteiger partial charge in [-0.15, -0.1) is 0 Å². The van der Waals surface area contributed by atoms with Gasteiger partial charge < -0.3 is 0 Å². The molecule has 0 aliphatic heterocycles. The standard InChI is InChI=1S/C5H7N2/c1-5-3-4-7(2)6-5/h3-4H,2H2,1H3. The van der Waals surface area contributed by atoms with Crippen molar-refractivity contribution in [2.45, 2.75) is 6.92 Å². The molecule has 0 N–H and O–H groups in total. The van der Waals surface area contributed by atoms with Crippen molar-refractivity contribution in [1.82, 2.24) is 9.78 Å². The molecule has 0 saturated carbocycles. The molecule has 0 spiro atoms. The fourth-order valence-electron chi connectivity index (χ4n) is 0.463. The Morgan fingerprint density at radius 1 is 1.86 bits per heavy atom. The number of rotatable bonds is 0. The average Bonchev–Trinajstić information content (AvgIpc) is 1.87. The van der Waals surface area contributed by atoms with Gasteiger partial charge in [-0.05, 0) is 13.0 Å². The number of aromatic nitrogens is 2. The minimum atomic E-state index is 1.01. The van der Waals surface area contributed by atoms with Gasteiger partial charge in [0.25, 0.3) is 0 Å². The largest absolute Gasteiger partial charge is 0.271 e. The van der Waals surface area contributed by atoms with E-state index in [1.54, 1.807) is 0 Å². The Kier molecular flexibility index (Phi) is 0.855. The lowest BCUT2D eigenvalue weighted by Crippen LogP contribution is -1.83. The van der Waals surface area contributed by atoms with Crippen molar-refractivity contribution < 1.29 is 0 Å². The highest BCUT2D eigenvalue weighted by Gasteiger charge is 1.82. The molecule has 2 nitrogen and oxygen atoms in total. The van der Waals surface area contributed by atoms with E-state index in [1.807, 2.05) is 19.2 Å². The first kappa shape index (κ1) is 4.37. The zero-order chi connectivity index (χ0) is 5.28. The van der Waals surface area contributed by atoms with Gasteiger partial charge in [-0.1, -0.05) is 0 Å². The lowest BCUT2D eigenvalue weighted by atomic mass is 10.5. The molecule has 1 radical (unpaired) electrons. The van der Waals surface area contributed by atoms with Crippen LogP contribution in [-0.4, -0.2) is 9.78 Å². The first-order valence-electron chi connectivity index (χ1n) is 2.12. The van der Waals surface area contributed by atoms with Crippen molar-refractivity contribution in [3.63, 3.8) is 0 Å². The second-order valence-corrected chi connectivity index (χ2v) is 1.50.